The Kier molecular flexibility index (Phi) is 11.4. The maximum Gasteiger partial charge on any atom is 0.264 e. The second kappa shape index (κ2) is 15.4. The predicted octanol–water partition coefficient (Wildman–Crippen LogP) is 5.12. The van der Waals surface area contributed by atoms with Crippen molar-refractivity contribution in [3.63, 3.8) is 0 Å². The smallest absolute Gasteiger partial charge is 0.264 e. The molecule has 46 heavy (non-hydrogen) atoms. The number of methoxy groups -OCH3 is 2. The number of aryl methyl sites for hydroxylation is 1. The maximum atomic E-state index is 14.5. The molecule has 0 aliphatic rings. The van der Waals surface area contributed by atoms with E-state index in [1.165, 1.54) is 61.6 Å². The lowest BCUT2D eigenvalue weighted by Crippen LogP contribution is -2.53. The number of anilines is 1. The zero-order valence-corrected chi connectivity index (χ0v) is 27.1. The van der Waals surface area contributed by atoms with E-state index in [1.54, 1.807) is 31.2 Å². The van der Waals surface area contributed by atoms with Crippen LogP contribution in [0.5, 0.6) is 11.5 Å². The van der Waals surface area contributed by atoms with Gasteiger partial charge < -0.3 is 19.7 Å². The third-order valence-corrected chi connectivity index (χ3v) is 9.20. The molecule has 0 bridgehead atoms. The van der Waals surface area contributed by atoms with Gasteiger partial charge in [0.2, 0.25) is 11.8 Å². The minimum Gasteiger partial charge on any atom is -0.497 e. The standard InChI is InChI=1S/C35H38FN3O6S/c1-5-37-35(41)32(21-26-9-7-6-8-10-26)38(23-27-13-15-28(36)16-14-27)34(40)24-39(31-22-29(44-3)17-20-33(31)45-4)46(42,43)30-18-11-25(2)12-19-30/h6-20,22,32H,5,21,23-24H2,1-4H3,(H,37,41)/t32-/m1/s1. The van der Waals surface area contributed by atoms with E-state index in [-0.39, 0.29) is 29.3 Å². The molecule has 0 fully saturated rings. The fourth-order valence-corrected chi connectivity index (χ4v) is 6.39. The van der Waals surface area contributed by atoms with Gasteiger partial charge in [-0.05, 0) is 61.4 Å². The van der Waals surface area contributed by atoms with Gasteiger partial charge in [0.05, 0.1) is 24.8 Å². The molecule has 0 unspecified atom stereocenters. The summed E-state index contributed by atoms with van der Waals surface area (Å²) in [6.07, 6.45) is 0.160. The normalized spacial score (nSPS) is 11.8. The van der Waals surface area contributed by atoms with Gasteiger partial charge in [-0.15, -0.1) is 0 Å². The van der Waals surface area contributed by atoms with Gasteiger partial charge in [0.15, 0.2) is 0 Å². The molecule has 0 saturated heterocycles. The molecule has 4 aromatic carbocycles. The number of sulfonamides is 1. The lowest BCUT2D eigenvalue weighted by atomic mass is 10.0. The van der Waals surface area contributed by atoms with E-state index in [1.807, 2.05) is 37.3 Å². The third-order valence-electron chi connectivity index (χ3n) is 7.43. The van der Waals surface area contributed by atoms with Crippen LogP contribution in [0.25, 0.3) is 0 Å². The Hall–Kier alpha value is -4.90. The molecule has 0 aromatic heterocycles. The monoisotopic (exact) mass is 647 g/mol. The Bertz CT molecular complexity index is 1730. The van der Waals surface area contributed by atoms with Crippen LogP contribution in [0.15, 0.2) is 102 Å². The second-order valence-electron chi connectivity index (χ2n) is 10.6. The van der Waals surface area contributed by atoms with Crippen molar-refractivity contribution in [1.82, 2.24) is 10.2 Å². The average Bonchev–Trinajstić information content (AvgIpc) is 3.06. The van der Waals surface area contributed by atoms with E-state index in [9.17, 15) is 22.4 Å². The van der Waals surface area contributed by atoms with Crippen molar-refractivity contribution in [3.8, 4) is 11.5 Å². The largest absolute Gasteiger partial charge is 0.497 e. The number of carbonyl (C=O) groups is 2. The number of likely N-dealkylation sites (N-methyl/N-ethyl adjacent to an activating group) is 1. The number of benzene rings is 4. The molecule has 0 aliphatic heterocycles. The Labute approximate surface area is 269 Å². The Morgan fingerprint density at radius 2 is 1.54 bits per heavy atom. The summed E-state index contributed by atoms with van der Waals surface area (Å²) in [5.41, 5.74) is 2.30. The third kappa shape index (κ3) is 8.22. The van der Waals surface area contributed by atoms with Gasteiger partial charge in [0.1, 0.15) is 29.9 Å². The predicted molar refractivity (Wildman–Crippen MR) is 175 cm³/mol. The van der Waals surface area contributed by atoms with E-state index in [4.69, 9.17) is 9.47 Å². The van der Waals surface area contributed by atoms with Crippen molar-refractivity contribution in [1.29, 1.82) is 0 Å². The minimum atomic E-state index is -4.35. The van der Waals surface area contributed by atoms with Crippen LogP contribution in [-0.4, -0.2) is 58.5 Å². The number of carbonyl (C=O) groups excluding carboxylic acids is 2. The summed E-state index contributed by atoms with van der Waals surface area (Å²) < 4.78 is 54.3. The number of halogens is 1. The van der Waals surface area contributed by atoms with Crippen LogP contribution < -0.4 is 19.1 Å². The molecule has 0 aliphatic carbocycles. The molecule has 0 saturated carbocycles. The van der Waals surface area contributed by atoms with E-state index in [2.05, 4.69) is 5.32 Å². The van der Waals surface area contributed by atoms with Gasteiger partial charge in [-0.3, -0.25) is 13.9 Å². The van der Waals surface area contributed by atoms with Gasteiger partial charge in [-0.2, -0.15) is 0 Å². The minimum absolute atomic E-state index is 0.0366. The van der Waals surface area contributed by atoms with Crippen LogP contribution in [0.2, 0.25) is 0 Å². The van der Waals surface area contributed by atoms with Crippen LogP contribution in [0, 0.1) is 12.7 Å². The van der Waals surface area contributed by atoms with E-state index < -0.39 is 40.2 Å². The van der Waals surface area contributed by atoms with Gasteiger partial charge in [0, 0.05) is 25.6 Å². The second-order valence-corrected chi connectivity index (χ2v) is 12.5. The molecule has 4 aromatic rings. The highest BCUT2D eigenvalue weighted by atomic mass is 32.2. The summed E-state index contributed by atoms with van der Waals surface area (Å²) in [4.78, 5) is 29.4. The molecular formula is C35H38FN3O6S. The zero-order chi connectivity index (χ0) is 33.3. The number of nitrogens with zero attached hydrogens (tertiary/aromatic N) is 2. The maximum absolute atomic E-state index is 14.5. The molecule has 1 N–H and O–H groups in total. The highest BCUT2D eigenvalue weighted by Crippen LogP contribution is 2.36. The molecule has 242 valence electrons. The quantitative estimate of drug-likeness (QED) is 0.204. The molecule has 1 atom stereocenters. The highest BCUT2D eigenvalue weighted by molar-refractivity contribution is 7.92. The number of ether oxygens (including phenoxy) is 2. The number of nitrogens with one attached hydrogen (secondary N) is 1. The number of hydrogen-bond acceptors (Lipinski definition) is 6. The molecule has 9 nitrogen and oxygen atoms in total. The van der Waals surface area contributed by atoms with E-state index in [0.29, 0.717) is 17.9 Å². The first-order chi connectivity index (χ1) is 22.1. The fourth-order valence-electron chi connectivity index (χ4n) is 4.97. The van der Waals surface area contributed by atoms with Crippen molar-refractivity contribution in [2.24, 2.45) is 0 Å². The van der Waals surface area contributed by atoms with Crippen LogP contribution >= 0.6 is 0 Å². The average molecular weight is 648 g/mol. The van der Waals surface area contributed by atoms with Crippen molar-refractivity contribution < 1.29 is 31.9 Å². The van der Waals surface area contributed by atoms with Crippen molar-refractivity contribution in [2.45, 2.75) is 37.8 Å². The van der Waals surface area contributed by atoms with Crippen molar-refractivity contribution in [3.05, 3.63) is 120 Å². The first-order valence-corrected chi connectivity index (χ1v) is 16.2. The molecule has 0 spiro atoms. The summed E-state index contributed by atoms with van der Waals surface area (Å²) in [5, 5.41) is 2.81. The lowest BCUT2D eigenvalue weighted by Gasteiger charge is -2.34. The zero-order valence-electron chi connectivity index (χ0n) is 26.3. The van der Waals surface area contributed by atoms with Crippen LogP contribution in [0.3, 0.4) is 0 Å². The number of hydrogen-bond donors (Lipinski definition) is 1. The van der Waals surface area contributed by atoms with Gasteiger partial charge >= 0.3 is 0 Å². The Morgan fingerprint density at radius 1 is 0.870 bits per heavy atom. The number of rotatable bonds is 14. The SMILES string of the molecule is CCNC(=O)[C@@H](Cc1ccccc1)N(Cc1ccc(F)cc1)C(=O)CN(c1cc(OC)ccc1OC)S(=O)(=O)c1ccc(C)cc1. The van der Waals surface area contributed by atoms with E-state index >= 15 is 0 Å². The van der Waals surface area contributed by atoms with Crippen molar-refractivity contribution >= 4 is 27.5 Å². The summed E-state index contributed by atoms with van der Waals surface area (Å²) in [7, 11) is -1.51. The molecule has 11 heteroatoms. The van der Waals surface area contributed by atoms with Gasteiger partial charge in [-0.1, -0.05) is 60.2 Å². The van der Waals surface area contributed by atoms with Crippen LogP contribution in [0.4, 0.5) is 10.1 Å². The first-order valence-electron chi connectivity index (χ1n) is 14.7. The lowest BCUT2D eigenvalue weighted by molar-refractivity contribution is -0.140. The molecule has 2 amide bonds. The summed E-state index contributed by atoms with van der Waals surface area (Å²) >= 11 is 0. The molecular weight excluding hydrogens is 609 g/mol. The number of amides is 2. The molecule has 0 radical (unpaired) electrons. The molecule has 4 rings (SSSR count). The first kappa shape index (κ1) is 34.0. The summed E-state index contributed by atoms with van der Waals surface area (Å²) in [6.45, 7) is 3.17. The highest BCUT2D eigenvalue weighted by Gasteiger charge is 2.35. The van der Waals surface area contributed by atoms with Crippen LogP contribution in [-0.2, 0) is 32.6 Å². The van der Waals surface area contributed by atoms with Crippen LogP contribution in [0.1, 0.15) is 23.6 Å². The fraction of sp³-hybridized carbons (Fsp3) is 0.257. The summed E-state index contributed by atoms with van der Waals surface area (Å²) in [5.74, 6) is -0.976. The van der Waals surface area contributed by atoms with Gasteiger partial charge in [-0.25, -0.2) is 12.8 Å². The topological polar surface area (TPSA) is 105 Å². The Balaban J connectivity index is 1.85. The van der Waals surface area contributed by atoms with Gasteiger partial charge in [0.25, 0.3) is 10.0 Å². The Morgan fingerprint density at radius 3 is 2.15 bits per heavy atom. The van der Waals surface area contributed by atoms with Crippen molar-refractivity contribution in [2.75, 3.05) is 31.6 Å². The molecule has 0 heterocycles. The summed E-state index contributed by atoms with van der Waals surface area (Å²) in [6, 6.07) is 24.7. The van der Waals surface area contributed by atoms with E-state index in [0.717, 1.165) is 15.4 Å².